The Bertz CT molecular complexity index is 878. The van der Waals surface area contributed by atoms with E-state index in [-0.39, 0.29) is 29.4 Å². The summed E-state index contributed by atoms with van der Waals surface area (Å²) in [5, 5.41) is 12.0. The third-order valence-corrected chi connectivity index (χ3v) is 5.69. The first-order valence-corrected chi connectivity index (χ1v) is 9.88. The van der Waals surface area contributed by atoms with Crippen LogP contribution in [-0.2, 0) is 19.4 Å². The minimum absolute atomic E-state index is 0.0773. The molecule has 0 spiro atoms. The van der Waals surface area contributed by atoms with E-state index >= 15 is 0 Å². The Labute approximate surface area is 157 Å². The molecule has 27 heavy (non-hydrogen) atoms. The van der Waals surface area contributed by atoms with Gasteiger partial charge < -0.3 is 15.2 Å². The molecule has 8 heteroatoms. The zero-order valence-corrected chi connectivity index (χ0v) is 15.6. The zero-order valence-electron chi connectivity index (χ0n) is 14.8. The van der Waals surface area contributed by atoms with E-state index in [1.807, 2.05) is 0 Å². The Morgan fingerprint density at radius 3 is 2.26 bits per heavy atom. The molecule has 2 aromatic rings. The molecule has 0 aliphatic heterocycles. The topological polar surface area (TPSA) is 110 Å². The summed E-state index contributed by atoms with van der Waals surface area (Å²) in [6, 6.07) is 14.1. The number of carbonyl (C=O) groups is 2. The fourth-order valence-corrected chi connectivity index (χ4v) is 3.63. The Morgan fingerprint density at radius 2 is 1.70 bits per heavy atom. The highest BCUT2D eigenvalue weighted by molar-refractivity contribution is 7.91. The number of benzene rings is 2. The van der Waals surface area contributed by atoms with Crippen LogP contribution in [0.5, 0.6) is 0 Å². The standard InChI is InChI=1S/C19H21NO6S/c1-26-11-12-27(24,25)16-9-7-15(8-10-16)18(21)20-13-17(19(22)23)14-5-3-2-4-6-14/h2-10,17H,11-13H2,1H3,(H,20,21)(H,22,23). The van der Waals surface area contributed by atoms with E-state index in [2.05, 4.69) is 5.32 Å². The maximum absolute atomic E-state index is 12.3. The molecule has 2 aromatic carbocycles. The van der Waals surface area contributed by atoms with Gasteiger partial charge in [0.2, 0.25) is 0 Å². The molecule has 0 aromatic heterocycles. The number of hydrogen-bond acceptors (Lipinski definition) is 5. The second-order valence-corrected chi connectivity index (χ2v) is 7.96. The molecule has 1 atom stereocenters. The molecule has 0 radical (unpaired) electrons. The first-order chi connectivity index (χ1) is 12.8. The molecule has 2 rings (SSSR count). The summed E-state index contributed by atoms with van der Waals surface area (Å²) in [7, 11) is -2.05. The van der Waals surface area contributed by atoms with Gasteiger partial charge in [0, 0.05) is 19.2 Å². The van der Waals surface area contributed by atoms with Crippen molar-refractivity contribution < 1.29 is 27.9 Å². The molecule has 0 saturated heterocycles. The van der Waals surface area contributed by atoms with E-state index in [4.69, 9.17) is 4.74 Å². The minimum Gasteiger partial charge on any atom is -0.481 e. The van der Waals surface area contributed by atoms with Gasteiger partial charge in [-0.25, -0.2) is 8.42 Å². The molecule has 1 amide bonds. The van der Waals surface area contributed by atoms with Gasteiger partial charge in [-0.1, -0.05) is 30.3 Å². The monoisotopic (exact) mass is 391 g/mol. The lowest BCUT2D eigenvalue weighted by atomic mass is 9.99. The highest BCUT2D eigenvalue weighted by Crippen LogP contribution is 2.16. The van der Waals surface area contributed by atoms with Gasteiger partial charge in [-0.3, -0.25) is 9.59 Å². The molecule has 0 bridgehead atoms. The van der Waals surface area contributed by atoms with Gasteiger partial charge in [0.1, 0.15) is 0 Å². The SMILES string of the molecule is COCCS(=O)(=O)c1ccc(C(=O)NCC(C(=O)O)c2ccccc2)cc1. The number of ether oxygens (including phenoxy) is 1. The summed E-state index contributed by atoms with van der Waals surface area (Å²) in [5.41, 5.74) is 0.836. The van der Waals surface area contributed by atoms with E-state index in [9.17, 15) is 23.1 Å². The fraction of sp³-hybridized carbons (Fsp3) is 0.263. The molecule has 0 heterocycles. The largest absolute Gasteiger partial charge is 0.481 e. The molecule has 0 saturated carbocycles. The second-order valence-electron chi connectivity index (χ2n) is 5.85. The van der Waals surface area contributed by atoms with Crippen molar-refractivity contribution in [3.05, 3.63) is 65.7 Å². The van der Waals surface area contributed by atoms with Gasteiger partial charge >= 0.3 is 5.97 Å². The van der Waals surface area contributed by atoms with Crippen molar-refractivity contribution in [2.24, 2.45) is 0 Å². The highest BCUT2D eigenvalue weighted by Gasteiger charge is 2.21. The molecule has 7 nitrogen and oxygen atoms in total. The van der Waals surface area contributed by atoms with Crippen LogP contribution in [0.4, 0.5) is 0 Å². The van der Waals surface area contributed by atoms with E-state index in [1.165, 1.54) is 31.4 Å². The maximum Gasteiger partial charge on any atom is 0.312 e. The number of rotatable bonds is 9. The number of nitrogens with one attached hydrogen (secondary N) is 1. The van der Waals surface area contributed by atoms with E-state index < -0.39 is 27.6 Å². The predicted octanol–water partition coefficient (Wildman–Crippen LogP) is 1.70. The van der Waals surface area contributed by atoms with Crippen LogP contribution in [0.3, 0.4) is 0 Å². The van der Waals surface area contributed by atoms with Crippen LogP contribution in [0.2, 0.25) is 0 Å². The van der Waals surface area contributed by atoms with Gasteiger partial charge in [-0.2, -0.15) is 0 Å². The highest BCUT2D eigenvalue weighted by atomic mass is 32.2. The molecule has 0 fully saturated rings. The van der Waals surface area contributed by atoms with Crippen molar-refractivity contribution in [1.82, 2.24) is 5.32 Å². The molecular formula is C19H21NO6S. The summed E-state index contributed by atoms with van der Waals surface area (Å²) in [5.74, 6) is -2.53. The quantitative estimate of drug-likeness (QED) is 0.673. The first-order valence-electron chi connectivity index (χ1n) is 8.23. The van der Waals surface area contributed by atoms with Crippen LogP contribution in [0.25, 0.3) is 0 Å². The third-order valence-electron chi connectivity index (χ3n) is 4.00. The number of carbonyl (C=O) groups excluding carboxylic acids is 1. The predicted molar refractivity (Wildman–Crippen MR) is 99.5 cm³/mol. The van der Waals surface area contributed by atoms with Crippen LogP contribution in [0.1, 0.15) is 21.8 Å². The van der Waals surface area contributed by atoms with Gasteiger partial charge in [-0.15, -0.1) is 0 Å². The molecule has 0 aliphatic carbocycles. The van der Waals surface area contributed by atoms with Gasteiger partial charge in [0.05, 0.1) is 23.2 Å². The van der Waals surface area contributed by atoms with Crippen molar-refractivity contribution in [2.75, 3.05) is 26.0 Å². The molecule has 1 unspecified atom stereocenters. The number of amides is 1. The summed E-state index contributed by atoms with van der Waals surface area (Å²) < 4.78 is 28.9. The smallest absolute Gasteiger partial charge is 0.312 e. The lowest BCUT2D eigenvalue weighted by molar-refractivity contribution is -0.138. The lowest BCUT2D eigenvalue weighted by Gasteiger charge is -2.14. The maximum atomic E-state index is 12.3. The number of aliphatic carboxylic acids is 1. The Morgan fingerprint density at radius 1 is 1.07 bits per heavy atom. The fourth-order valence-electron chi connectivity index (χ4n) is 2.45. The van der Waals surface area contributed by atoms with Crippen LogP contribution in [-0.4, -0.2) is 51.4 Å². The van der Waals surface area contributed by atoms with Crippen LogP contribution in [0.15, 0.2) is 59.5 Å². The van der Waals surface area contributed by atoms with Crippen LogP contribution < -0.4 is 5.32 Å². The normalized spacial score (nSPS) is 12.3. The Hall–Kier alpha value is -2.71. The number of sulfone groups is 1. The van der Waals surface area contributed by atoms with Crippen LogP contribution >= 0.6 is 0 Å². The van der Waals surface area contributed by atoms with Gasteiger partial charge in [0.25, 0.3) is 5.91 Å². The second kappa shape index (κ2) is 9.29. The third kappa shape index (κ3) is 5.63. The summed E-state index contributed by atoms with van der Waals surface area (Å²) in [4.78, 5) is 23.8. The number of hydrogen-bond donors (Lipinski definition) is 2. The van der Waals surface area contributed by atoms with Gasteiger partial charge in [-0.05, 0) is 29.8 Å². The Kier molecular flexibility index (Phi) is 7.09. The minimum atomic E-state index is -3.47. The molecular weight excluding hydrogens is 370 g/mol. The summed E-state index contributed by atoms with van der Waals surface area (Å²) in [6.45, 7) is 0.00665. The van der Waals surface area contributed by atoms with Crippen molar-refractivity contribution in [3.63, 3.8) is 0 Å². The number of carboxylic acids is 1. The Balaban J connectivity index is 2.04. The molecule has 144 valence electrons. The number of carboxylic acid groups (broad SMARTS) is 1. The van der Waals surface area contributed by atoms with E-state index in [1.54, 1.807) is 30.3 Å². The average molecular weight is 391 g/mol. The first kappa shape index (κ1) is 20.6. The molecule has 0 aliphatic rings. The van der Waals surface area contributed by atoms with Gasteiger partial charge in [0.15, 0.2) is 9.84 Å². The van der Waals surface area contributed by atoms with Crippen molar-refractivity contribution in [1.29, 1.82) is 0 Å². The summed E-state index contributed by atoms with van der Waals surface area (Å²) in [6.07, 6.45) is 0. The number of methoxy groups -OCH3 is 1. The lowest BCUT2D eigenvalue weighted by Crippen LogP contribution is -2.31. The van der Waals surface area contributed by atoms with E-state index in [0.29, 0.717) is 5.56 Å². The van der Waals surface area contributed by atoms with Crippen molar-refractivity contribution in [2.45, 2.75) is 10.8 Å². The van der Waals surface area contributed by atoms with E-state index in [0.717, 1.165) is 0 Å². The molecule has 2 N–H and O–H groups in total. The van der Waals surface area contributed by atoms with Crippen molar-refractivity contribution >= 4 is 21.7 Å². The summed E-state index contributed by atoms with van der Waals surface area (Å²) >= 11 is 0. The van der Waals surface area contributed by atoms with Crippen LogP contribution in [0, 0.1) is 0 Å². The average Bonchev–Trinajstić information content (AvgIpc) is 2.67. The zero-order chi connectivity index (χ0) is 19.9. The van der Waals surface area contributed by atoms with Crippen molar-refractivity contribution in [3.8, 4) is 0 Å².